The molecule has 13 heavy (non-hydrogen) atoms. The molecule has 2 N–H and O–H groups in total. The molecule has 0 spiro atoms. The summed E-state index contributed by atoms with van der Waals surface area (Å²) < 4.78 is 7.01. The van der Waals surface area contributed by atoms with Crippen molar-refractivity contribution < 1.29 is 14.8 Å². The van der Waals surface area contributed by atoms with E-state index in [4.69, 9.17) is 14.8 Å². The van der Waals surface area contributed by atoms with Gasteiger partial charge in [0.05, 0.1) is 10.7 Å². The van der Waals surface area contributed by atoms with E-state index < -0.39 is 7.12 Å². The van der Waals surface area contributed by atoms with Crippen LogP contribution in [0.1, 0.15) is 0 Å². The van der Waals surface area contributed by atoms with Gasteiger partial charge in [-0.15, -0.1) is 0 Å². The van der Waals surface area contributed by atoms with Crippen molar-refractivity contribution in [2.45, 2.75) is 0 Å². The van der Waals surface area contributed by atoms with E-state index >= 15 is 0 Å². The predicted molar refractivity (Wildman–Crippen MR) is 68.3 cm³/mol. The molecule has 0 fully saturated rings. The lowest BCUT2D eigenvalue weighted by molar-refractivity contribution is 0.401. The highest BCUT2D eigenvalue weighted by atomic mass is 127. The Balaban J connectivity index is 3.30. The van der Waals surface area contributed by atoms with Crippen molar-refractivity contribution in [2.24, 2.45) is 0 Å². The van der Waals surface area contributed by atoms with E-state index in [-0.39, 0.29) is 0 Å². The fourth-order valence-corrected chi connectivity index (χ4v) is 2.09. The first-order valence-electron chi connectivity index (χ1n) is 3.46. The molecule has 1 aromatic rings. The van der Waals surface area contributed by atoms with Crippen molar-refractivity contribution >= 4 is 57.8 Å². The second-order valence-electron chi connectivity index (χ2n) is 2.36. The highest BCUT2D eigenvalue weighted by molar-refractivity contribution is 14.1. The van der Waals surface area contributed by atoms with Crippen molar-refractivity contribution in [2.75, 3.05) is 7.11 Å². The highest BCUT2D eigenvalue weighted by Crippen LogP contribution is 2.23. The fraction of sp³-hybridized carbons (Fsp3) is 0.143. The molecule has 0 saturated carbocycles. The Morgan fingerprint density at radius 3 is 2.38 bits per heavy atom. The van der Waals surface area contributed by atoms with Crippen LogP contribution in [0.4, 0.5) is 0 Å². The van der Waals surface area contributed by atoms with Gasteiger partial charge in [0.1, 0.15) is 5.75 Å². The smallest absolute Gasteiger partial charge is 0.492 e. The topological polar surface area (TPSA) is 49.7 Å². The molecular weight excluding hydrogens is 397 g/mol. The van der Waals surface area contributed by atoms with Gasteiger partial charge in [-0.05, 0) is 51.2 Å². The predicted octanol–water partition coefficient (Wildman–Crippen LogP) is 0.584. The molecule has 70 valence electrons. The quantitative estimate of drug-likeness (QED) is 0.561. The van der Waals surface area contributed by atoms with Crippen LogP contribution in [0.2, 0.25) is 0 Å². The minimum atomic E-state index is -1.49. The Labute approximate surface area is 104 Å². The van der Waals surface area contributed by atoms with Crippen molar-refractivity contribution in [1.29, 1.82) is 0 Å². The third kappa shape index (κ3) is 2.48. The molecule has 0 heterocycles. The van der Waals surface area contributed by atoms with E-state index in [0.717, 1.165) is 7.14 Å². The number of benzene rings is 1. The number of halogens is 2. The van der Waals surface area contributed by atoms with Gasteiger partial charge in [-0.2, -0.15) is 0 Å². The van der Waals surface area contributed by atoms with Crippen molar-refractivity contribution in [1.82, 2.24) is 0 Å². The van der Waals surface area contributed by atoms with Crippen LogP contribution in [0.3, 0.4) is 0 Å². The molecule has 0 saturated heterocycles. The number of ether oxygens (including phenoxy) is 1. The van der Waals surface area contributed by atoms with Crippen LogP contribution in [0, 0.1) is 7.14 Å². The van der Waals surface area contributed by atoms with Crippen molar-refractivity contribution in [3.8, 4) is 5.75 Å². The van der Waals surface area contributed by atoms with Gasteiger partial charge in [-0.25, -0.2) is 0 Å². The third-order valence-corrected chi connectivity index (χ3v) is 4.56. The van der Waals surface area contributed by atoms with E-state index in [2.05, 4.69) is 45.2 Å². The molecule has 6 heteroatoms. The Morgan fingerprint density at radius 2 is 1.92 bits per heavy atom. The summed E-state index contributed by atoms with van der Waals surface area (Å²) in [6.07, 6.45) is 0. The first kappa shape index (κ1) is 11.5. The first-order valence-corrected chi connectivity index (χ1v) is 5.61. The lowest BCUT2D eigenvalue weighted by Gasteiger charge is -2.10. The zero-order valence-corrected chi connectivity index (χ0v) is 11.1. The van der Waals surface area contributed by atoms with Gasteiger partial charge >= 0.3 is 7.12 Å². The maximum atomic E-state index is 9.02. The second-order valence-corrected chi connectivity index (χ2v) is 4.60. The van der Waals surface area contributed by atoms with E-state index in [0.29, 0.717) is 11.2 Å². The first-order chi connectivity index (χ1) is 6.07. The second kappa shape index (κ2) is 4.81. The van der Waals surface area contributed by atoms with Crippen LogP contribution in [0.5, 0.6) is 5.75 Å². The minimum absolute atomic E-state index is 0.396. The molecule has 0 atom stereocenters. The zero-order chi connectivity index (χ0) is 10.0. The Morgan fingerprint density at radius 1 is 1.31 bits per heavy atom. The zero-order valence-electron chi connectivity index (χ0n) is 6.79. The third-order valence-electron chi connectivity index (χ3n) is 1.56. The molecule has 1 aromatic carbocycles. The molecule has 0 aliphatic rings. The maximum Gasteiger partial charge on any atom is 0.492 e. The van der Waals surface area contributed by atoms with Crippen LogP contribution in [-0.2, 0) is 0 Å². The van der Waals surface area contributed by atoms with Gasteiger partial charge in [-0.1, -0.05) is 6.07 Å². The lowest BCUT2D eigenvalue weighted by Crippen LogP contribution is -2.31. The van der Waals surface area contributed by atoms with Gasteiger partial charge in [-0.3, -0.25) is 0 Å². The van der Waals surface area contributed by atoms with E-state index in [1.54, 1.807) is 6.07 Å². The molecule has 0 bridgehead atoms. The van der Waals surface area contributed by atoms with Crippen LogP contribution < -0.4 is 10.2 Å². The summed E-state index contributed by atoms with van der Waals surface area (Å²) in [6, 6.07) is 3.47. The van der Waals surface area contributed by atoms with Gasteiger partial charge < -0.3 is 14.8 Å². The molecule has 0 amide bonds. The molecule has 0 aromatic heterocycles. The molecular formula is C7H7BI2O3. The van der Waals surface area contributed by atoms with E-state index in [9.17, 15) is 0 Å². The van der Waals surface area contributed by atoms with E-state index in [1.807, 2.05) is 6.07 Å². The molecule has 0 aliphatic heterocycles. The molecule has 1 rings (SSSR count). The van der Waals surface area contributed by atoms with Crippen LogP contribution in [0.25, 0.3) is 0 Å². The largest absolute Gasteiger partial charge is 0.496 e. The average molecular weight is 404 g/mol. The Kier molecular flexibility index (Phi) is 4.27. The van der Waals surface area contributed by atoms with Gasteiger partial charge in [0, 0.05) is 9.03 Å². The monoisotopic (exact) mass is 404 g/mol. The van der Waals surface area contributed by atoms with Crippen molar-refractivity contribution in [3.63, 3.8) is 0 Å². The van der Waals surface area contributed by atoms with Gasteiger partial charge in [0.25, 0.3) is 0 Å². The number of methoxy groups -OCH3 is 1. The van der Waals surface area contributed by atoms with Crippen LogP contribution in [0.15, 0.2) is 12.1 Å². The normalized spacial score (nSPS) is 9.92. The molecule has 0 radical (unpaired) electrons. The summed E-state index contributed by atoms with van der Waals surface area (Å²) in [4.78, 5) is 0. The van der Waals surface area contributed by atoms with Gasteiger partial charge in [0.15, 0.2) is 0 Å². The molecule has 3 nitrogen and oxygen atoms in total. The Bertz CT molecular complexity index is 317. The SMILES string of the molecule is COc1c(B(O)O)ccc(I)c1I. The van der Waals surface area contributed by atoms with Crippen molar-refractivity contribution in [3.05, 3.63) is 19.3 Å². The molecule has 0 aliphatic carbocycles. The number of hydrogen-bond donors (Lipinski definition) is 2. The minimum Gasteiger partial charge on any atom is -0.496 e. The molecule has 0 unspecified atom stereocenters. The van der Waals surface area contributed by atoms with E-state index in [1.165, 1.54) is 7.11 Å². The Hall–Kier alpha value is 0.465. The summed E-state index contributed by atoms with van der Waals surface area (Å²) in [7, 11) is 0.0277. The number of rotatable bonds is 2. The summed E-state index contributed by atoms with van der Waals surface area (Å²) in [5.74, 6) is 0.530. The summed E-state index contributed by atoms with van der Waals surface area (Å²) >= 11 is 4.27. The fourth-order valence-electron chi connectivity index (χ4n) is 0.958. The van der Waals surface area contributed by atoms with Crippen LogP contribution in [-0.4, -0.2) is 24.3 Å². The summed E-state index contributed by atoms with van der Waals surface area (Å²) in [5.41, 5.74) is 0.396. The standard InChI is InChI=1S/C7H7BI2O3/c1-13-7-4(8(11)12)2-3-5(9)6(7)10/h2-3,11-12H,1H3. The van der Waals surface area contributed by atoms with Crippen LogP contribution >= 0.6 is 45.2 Å². The number of hydrogen-bond acceptors (Lipinski definition) is 3. The summed E-state index contributed by atoms with van der Waals surface area (Å²) in [5, 5.41) is 18.0. The summed E-state index contributed by atoms with van der Waals surface area (Å²) in [6.45, 7) is 0. The highest BCUT2D eigenvalue weighted by Gasteiger charge is 2.19. The van der Waals surface area contributed by atoms with Gasteiger partial charge in [0.2, 0.25) is 0 Å². The maximum absolute atomic E-state index is 9.02. The lowest BCUT2D eigenvalue weighted by atomic mass is 9.80. The average Bonchev–Trinajstić information content (AvgIpc) is 2.09.